The van der Waals surface area contributed by atoms with E-state index in [0.29, 0.717) is 11.6 Å². The molecular formula is C15H14N6. The summed E-state index contributed by atoms with van der Waals surface area (Å²) in [4.78, 5) is 4.35. The minimum absolute atomic E-state index is 0.342. The van der Waals surface area contributed by atoms with Crippen LogP contribution in [0.5, 0.6) is 0 Å². The smallest absolute Gasteiger partial charge is 0.207 e. The molecule has 0 radical (unpaired) electrons. The molecule has 1 aromatic carbocycles. The van der Waals surface area contributed by atoms with Crippen molar-refractivity contribution in [2.75, 3.05) is 5.73 Å². The Morgan fingerprint density at radius 3 is 2.62 bits per heavy atom. The maximum absolute atomic E-state index is 9.17. The fourth-order valence-corrected chi connectivity index (χ4v) is 2.12. The van der Waals surface area contributed by atoms with Crippen molar-refractivity contribution in [3.05, 3.63) is 42.2 Å². The maximum Gasteiger partial charge on any atom is 0.207 e. The molecule has 3 rings (SSSR count). The fraction of sp³-hybridized carbons (Fsp3) is 0.200. The van der Waals surface area contributed by atoms with Crippen LogP contribution in [0.2, 0.25) is 0 Å². The van der Waals surface area contributed by atoms with Crippen molar-refractivity contribution < 1.29 is 0 Å². The van der Waals surface area contributed by atoms with Crippen LogP contribution >= 0.6 is 0 Å². The van der Waals surface area contributed by atoms with E-state index in [0.717, 1.165) is 16.8 Å². The minimum atomic E-state index is -0.512. The van der Waals surface area contributed by atoms with Gasteiger partial charge in [0.2, 0.25) is 5.95 Å². The Morgan fingerprint density at radius 1 is 1.24 bits per heavy atom. The molecule has 2 aromatic heterocycles. The lowest BCUT2D eigenvalue weighted by molar-refractivity contribution is 0.687. The monoisotopic (exact) mass is 278 g/mol. The van der Waals surface area contributed by atoms with E-state index in [9.17, 15) is 0 Å². The average Bonchev–Trinajstić information content (AvgIpc) is 2.96. The zero-order valence-electron chi connectivity index (χ0n) is 11.8. The summed E-state index contributed by atoms with van der Waals surface area (Å²) in [5.41, 5.74) is 8.64. The number of aromatic nitrogens is 4. The number of nitriles is 1. The van der Waals surface area contributed by atoms with Crippen LogP contribution in [-0.2, 0) is 5.41 Å². The van der Waals surface area contributed by atoms with E-state index in [2.05, 4.69) is 21.3 Å². The first-order valence-electron chi connectivity index (χ1n) is 6.50. The van der Waals surface area contributed by atoms with Gasteiger partial charge in [-0.15, -0.1) is 10.2 Å². The number of hydrogen-bond donors (Lipinski definition) is 1. The van der Waals surface area contributed by atoms with Crippen molar-refractivity contribution in [3.63, 3.8) is 0 Å². The molecule has 0 saturated heterocycles. The Bertz CT molecular complexity index is 839. The second kappa shape index (κ2) is 4.56. The van der Waals surface area contributed by atoms with Crippen molar-refractivity contribution >= 4 is 11.6 Å². The lowest BCUT2D eigenvalue weighted by Crippen LogP contribution is -2.13. The van der Waals surface area contributed by atoms with E-state index in [1.807, 2.05) is 44.2 Å². The highest BCUT2D eigenvalue weighted by atomic mass is 15.3. The van der Waals surface area contributed by atoms with Crippen LogP contribution in [0.3, 0.4) is 0 Å². The summed E-state index contributed by atoms with van der Waals surface area (Å²) in [6.45, 7) is 3.78. The van der Waals surface area contributed by atoms with Crippen molar-refractivity contribution in [1.29, 1.82) is 5.26 Å². The number of anilines is 1. The van der Waals surface area contributed by atoms with Crippen LogP contribution in [0.1, 0.15) is 19.4 Å². The minimum Gasteiger partial charge on any atom is -0.369 e. The molecule has 0 aliphatic rings. The second-order valence-electron chi connectivity index (χ2n) is 5.37. The zero-order valence-corrected chi connectivity index (χ0v) is 11.8. The first-order valence-corrected chi connectivity index (χ1v) is 6.50. The Labute approximate surface area is 121 Å². The van der Waals surface area contributed by atoms with Crippen molar-refractivity contribution in [1.82, 2.24) is 19.6 Å². The molecule has 3 aromatic rings. The highest BCUT2D eigenvalue weighted by molar-refractivity contribution is 5.65. The Hall–Kier alpha value is -2.94. The topological polar surface area (TPSA) is 92.9 Å². The third-order valence-corrected chi connectivity index (χ3v) is 3.50. The Balaban J connectivity index is 2.05. The molecule has 0 atom stereocenters. The lowest BCUT2D eigenvalue weighted by atomic mass is 9.86. The molecule has 2 heterocycles. The number of nitrogen functional groups attached to an aromatic ring is 1. The van der Waals surface area contributed by atoms with Gasteiger partial charge in [-0.25, -0.2) is 4.98 Å². The molecule has 21 heavy (non-hydrogen) atoms. The molecule has 0 saturated carbocycles. The van der Waals surface area contributed by atoms with Crippen LogP contribution in [-0.4, -0.2) is 19.6 Å². The van der Waals surface area contributed by atoms with Gasteiger partial charge in [-0.3, -0.25) is 4.40 Å². The summed E-state index contributed by atoms with van der Waals surface area (Å²) in [5.74, 6) is 0.342. The average molecular weight is 278 g/mol. The highest BCUT2D eigenvalue weighted by Crippen LogP contribution is 2.26. The quantitative estimate of drug-likeness (QED) is 0.775. The van der Waals surface area contributed by atoms with Crippen molar-refractivity contribution in [2.45, 2.75) is 19.3 Å². The van der Waals surface area contributed by atoms with Gasteiger partial charge in [0.1, 0.15) is 6.33 Å². The largest absolute Gasteiger partial charge is 0.369 e. The summed E-state index contributed by atoms with van der Waals surface area (Å²) in [6, 6.07) is 11.9. The van der Waals surface area contributed by atoms with Crippen LogP contribution in [0.25, 0.3) is 16.9 Å². The van der Waals surface area contributed by atoms with Gasteiger partial charge in [-0.1, -0.05) is 24.3 Å². The molecule has 0 amide bonds. The van der Waals surface area contributed by atoms with Crippen LogP contribution in [0.4, 0.5) is 5.95 Å². The molecule has 2 N–H and O–H groups in total. The summed E-state index contributed by atoms with van der Waals surface area (Å²) < 4.78 is 1.62. The summed E-state index contributed by atoms with van der Waals surface area (Å²) in [5, 5.41) is 17.0. The van der Waals surface area contributed by atoms with E-state index in [-0.39, 0.29) is 0 Å². The molecule has 0 unspecified atom stereocenters. The fourth-order valence-electron chi connectivity index (χ4n) is 2.12. The van der Waals surface area contributed by atoms with Gasteiger partial charge < -0.3 is 5.73 Å². The van der Waals surface area contributed by atoms with E-state index in [1.165, 1.54) is 6.33 Å². The van der Waals surface area contributed by atoms with E-state index in [4.69, 9.17) is 11.0 Å². The second-order valence-corrected chi connectivity index (χ2v) is 5.37. The van der Waals surface area contributed by atoms with Crippen LogP contribution in [0, 0.1) is 11.3 Å². The van der Waals surface area contributed by atoms with Crippen LogP contribution in [0.15, 0.2) is 36.7 Å². The molecule has 0 aliphatic heterocycles. The van der Waals surface area contributed by atoms with Gasteiger partial charge >= 0.3 is 0 Å². The van der Waals surface area contributed by atoms with Gasteiger partial charge in [-0.05, 0) is 19.4 Å². The number of rotatable bonds is 2. The molecule has 104 valence electrons. The summed E-state index contributed by atoms with van der Waals surface area (Å²) >= 11 is 0. The maximum atomic E-state index is 9.17. The van der Waals surface area contributed by atoms with Crippen molar-refractivity contribution in [2.24, 2.45) is 0 Å². The van der Waals surface area contributed by atoms with Gasteiger partial charge in [0.25, 0.3) is 0 Å². The SMILES string of the molecule is CC(C)(C#N)c1ccc(-c2cc3nncn3c(N)n2)cc1. The van der Waals surface area contributed by atoms with Gasteiger partial charge in [-0.2, -0.15) is 5.26 Å². The highest BCUT2D eigenvalue weighted by Gasteiger charge is 2.19. The Morgan fingerprint density at radius 2 is 1.95 bits per heavy atom. The number of nitrogens with two attached hydrogens (primary N) is 1. The number of nitrogens with zero attached hydrogens (tertiary/aromatic N) is 5. The number of benzene rings is 1. The van der Waals surface area contributed by atoms with E-state index < -0.39 is 5.41 Å². The molecule has 6 heteroatoms. The first kappa shape index (κ1) is 13.1. The molecule has 0 spiro atoms. The molecule has 6 nitrogen and oxygen atoms in total. The van der Waals surface area contributed by atoms with Gasteiger partial charge in [0.05, 0.1) is 17.2 Å². The third kappa shape index (κ3) is 2.19. The van der Waals surface area contributed by atoms with Gasteiger partial charge in [0.15, 0.2) is 5.65 Å². The molecule has 0 bridgehead atoms. The number of hydrogen-bond acceptors (Lipinski definition) is 5. The van der Waals surface area contributed by atoms with E-state index >= 15 is 0 Å². The van der Waals surface area contributed by atoms with Crippen LogP contribution < -0.4 is 5.73 Å². The normalized spacial score (nSPS) is 11.5. The summed E-state index contributed by atoms with van der Waals surface area (Å²) in [6.07, 6.45) is 1.53. The lowest BCUT2D eigenvalue weighted by Gasteiger charge is -2.15. The predicted molar refractivity (Wildman–Crippen MR) is 79.3 cm³/mol. The third-order valence-electron chi connectivity index (χ3n) is 3.50. The molecule has 0 fully saturated rings. The zero-order chi connectivity index (χ0) is 15.0. The van der Waals surface area contributed by atoms with E-state index in [1.54, 1.807) is 4.40 Å². The molecule has 0 aliphatic carbocycles. The molecular weight excluding hydrogens is 264 g/mol. The predicted octanol–water partition coefficient (Wildman–Crippen LogP) is 2.17. The van der Waals surface area contributed by atoms with Crippen molar-refractivity contribution in [3.8, 4) is 17.3 Å². The number of fused-ring (bicyclic) bond motifs is 1. The van der Waals surface area contributed by atoms with Gasteiger partial charge in [0, 0.05) is 11.6 Å². The first-order chi connectivity index (χ1) is 10.0. The summed E-state index contributed by atoms with van der Waals surface area (Å²) in [7, 11) is 0. The standard InChI is InChI=1S/C15H14N6/c1-15(2,8-16)11-5-3-10(4-6-11)12-7-13-20-18-9-21(13)14(17)19-12/h3-7,9H,1-2H3,(H2,17,19). The Kier molecular flexibility index (Phi) is 2.84.